The van der Waals surface area contributed by atoms with Gasteiger partial charge in [0, 0.05) is 0 Å². The van der Waals surface area contributed by atoms with E-state index in [0.717, 1.165) is 0 Å². The van der Waals surface area contributed by atoms with Crippen LogP contribution in [-0.4, -0.2) is 5.11 Å². The van der Waals surface area contributed by atoms with Crippen molar-refractivity contribution in [2.45, 2.75) is 6.43 Å². The largest absolute Gasteiger partial charge is 0.503 e. The van der Waals surface area contributed by atoms with Gasteiger partial charge in [-0.05, 0) is 12.1 Å². The Morgan fingerprint density at radius 2 is 1.75 bits per heavy atom. The van der Waals surface area contributed by atoms with Gasteiger partial charge in [-0.25, -0.2) is 17.6 Å². The average Bonchev–Trinajstić information content (AvgIpc) is 2.00. The number of phenols is 1. The SMILES string of the molecule is Oc1c(F)ccc(C(F)F)c1F. The van der Waals surface area contributed by atoms with Crippen molar-refractivity contribution in [2.24, 2.45) is 0 Å². The van der Waals surface area contributed by atoms with Gasteiger partial charge in [0.05, 0.1) is 5.56 Å². The van der Waals surface area contributed by atoms with Crippen molar-refractivity contribution in [3.63, 3.8) is 0 Å². The fraction of sp³-hybridized carbons (Fsp3) is 0.143. The first-order chi connectivity index (χ1) is 5.54. The van der Waals surface area contributed by atoms with E-state index >= 15 is 0 Å². The van der Waals surface area contributed by atoms with E-state index < -0.39 is 29.4 Å². The Bertz CT molecular complexity index is 298. The van der Waals surface area contributed by atoms with Crippen LogP contribution in [0.25, 0.3) is 0 Å². The van der Waals surface area contributed by atoms with Crippen LogP contribution in [-0.2, 0) is 0 Å². The third-order valence-corrected chi connectivity index (χ3v) is 1.33. The predicted molar refractivity (Wildman–Crippen MR) is 33.0 cm³/mol. The summed E-state index contributed by atoms with van der Waals surface area (Å²) in [5.41, 5.74) is -1.01. The molecule has 0 saturated carbocycles. The van der Waals surface area contributed by atoms with Crippen LogP contribution in [0.1, 0.15) is 12.0 Å². The molecule has 0 saturated heterocycles. The first-order valence-electron chi connectivity index (χ1n) is 2.99. The molecule has 0 radical (unpaired) electrons. The highest BCUT2D eigenvalue weighted by molar-refractivity contribution is 5.32. The fourth-order valence-electron chi connectivity index (χ4n) is 0.725. The molecule has 0 spiro atoms. The predicted octanol–water partition coefficient (Wildman–Crippen LogP) is 2.61. The van der Waals surface area contributed by atoms with Crippen molar-refractivity contribution in [3.05, 3.63) is 29.3 Å². The number of hydrogen-bond donors (Lipinski definition) is 1. The Balaban J connectivity index is 3.27. The second kappa shape index (κ2) is 3.00. The summed E-state index contributed by atoms with van der Waals surface area (Å²) in [5, 5.41) is 8.55. The number of aromatic hydroxyl groups is 1. The molecular formula is C7H4F4O. The standard InChI is InChI=1S/C7H4F4O/c8-4-2-1-3(7(10)11)5(9)6(4)12/h1-2,7,12H. The van der Waals surface area contributed by atoms with Crippen LogP contribution >= 0.6 is 0 Å². The molecule has 66 valence electrons. The molecule has 12 heavy (non-hydrogen) atoms. The number of rotatable bonds is 1. The number of phenolic OH excluding ortho intramolecular Hbond substituents is 1. The third-order valence-electron chi connectivity index (χ3n) is 1.33. The van der Waals surface area contributed by atoms with Crippen LogP contribution in [0.5, 0.6) is 5.75 Å². The summed E-state index contributed by atoms with van der Waals surface area (Å²) in [6.45, 7) is 0. The summed E-state index contributed by atoms with van der Waals surface area (Å²) in [5.74, 6) is -4.23. The molecule has 5 heteroatoms. The lowest BCUT2D eigenvalue weighted by atomic mass is 10.2. The van der Waals surface area contributed by atoms with E-state index in [1.807, 2.05) is 0 Å². The lowest BCUT2D eigenvalue weighted by molar-refractivity contribution is 0.145. The van der Waals surface area contributed by atoms with E-state index in [4.69, 9.17) is 5.11 Å². The fourth-order valence-corrected chi connectivity index (χ4v) is 0.725. The van der Waals surface area contributed by atoms with Crippen molar-refractivity contribution < 1.29 is 22.7 Å². The van der Waals surface area contributed by atoms with Gasteiger partial charge < -0.3 is 5.11 Å². The first kappa shape index (κ1) is 8.83. The van der Waals surface area contributed by atoms with Gasteiger partial charge in [-0.15, -0.1) is 0 Å². The van der Waals surface area contributed by atoms with Crippen LogP contribution < -0.4 is 0 Å². The minimum Gasteiger partial charge on any atom is -0.503 e. The van der Waals surface area contributed by atoms with E-state index in [9.17, 15) is 17.6 Å². The minimum atomic E-state index is -3.06. The van der Waals surface area contributed by atoms with Gasteiger partial charge in [0.1, 0.15) is 0 Å². The van der Waals surface area contributed by atoms with Crippen molar-refractivity contribution >= 4 is 0 Å². The maximum atomic E-state index is 12.5. The Labute approximate surface area is 65.3 Å². The molecule has 0 aliphatic heterocycles. The lowest BCUT2D eigenvalue weighted by Gasteiger charge is -2.03. The van der Waals surface area contributed by atoms with Gasteiger partial charge in [0.25, 0.3) is 6.43 Å². The molecule has 0 fully saturated rings. The quantitative estimate of drug-likeness (QED) is 0.658. The van der Waals surface area contributed by atoms with Crippen LogP contribution in [0.15, 0.2) is 12.1 Å². The highest BCUT2D eigenvalue weighted by atomic mass is 19.3. The topological polar surface area (TPSA) is 20.2 Å². The molecule has 1 nitrogen and oxygen atoms in total. The van der Waals surface area contributed by atoms with Gasteiger partial charge in [-0.2, -0.15) is 0 Å². The molecule has 0 bridgehead atoms. The molecule has 0 aliphatic rings. The average molecular weight is 180 g/mol. The van der Waals surface area contributed by atoms with E-state index in [0.29, 0.717) is 12.1 Å². The molecule has 1 aromatic rings. The van der Waals surface area contributed by atoms with E-state index in [2.05, 4.69) is 0 Å². The van der Waals surface area contributed by atoms with Crippen molar-refractivity contribution in [3.8, 4) is 5.75 Å². The monoisotopic (exact) mass is 180 g/mol. The minimum absolute atomic E-state index is 0.583. The first-order valence-corrected chi connectivity index (χ1v) is 2.99. The summed E-state index contributed by atoms with van der Waals surface area (Å²) >= 11 is 0. The number of alkyl halides is 2. The van der Waals surface area contributed by atoms with Crippen molar-refractivity contribution in [1.82, 2.24) is 0 Å². The Kier molecular flexibility index (Phi) is 2.21. The van der Waals surface area contributed by atoms with Crippen LogP contribution in [0, 0.1) is 11.6 Å². The highest BCUT2D eigenvalue weighted by Crippen LogP contribution is 2.29. The summed E-state index contributed by atoms with van der Waals surface area (Å²) < 4.78 is 48.6. The molecule has 1 rings (SSSR count). The molecule has 0 amide bonds. The highest BCUT2D eigenvalue weighted by Gasteiger charge is 2.18. The second-order valence-electron chi connectivity index (χ2n) is 2.10. The smallest absolute Gasteiger partial charge is 0.266 e. The maximum Gasteiger partial charge on any atom is 0.266 e. The zero-order valence-electron chi connectivity index (χ0n) is 5.69. The molecular weight excluding hydrogens is 176 g/mol. The van der Waals surface area contributed by atoms with Crippen LogP contribution in [0.3, 0.4) is 0 Å². The number of halogens is 4. The van der Waals surface area contributed by atoms with Gasteiger partial charge >= 0.3 is 0 Å². The van der Waals surface area contributed by atoms with Crippen molar-refractivity contribution in [1.29, 1.82) is 0 Å². The summed E-state index contributed by atoms with van der Waals surface area (Å²) in [4.78, 5) is 0. The van der Waals surface area contributed by atoms with Crippen LogP contribution in [0.4, 0.5) is 17.6 Å². The molecule has 0 aromatic heterocycles. The zero-order chi connectivity index (χ0) is 9.30. The molecule has 1 N–H and O–H groups in total. The van der Waals surface area contributed by atoms with E-state index in [1.165, 1.54) is 0 Å². The summed E-state index contributed by atoms with van der Waals surface area (Å²) in [6.07, 6.45) is -3.06. The number of hydrogen-bond acceptors (Lipinski definition) is 1. The Hall–Kier alpha value is -1.26. The maximum absolute atomic E-state index is 12.5. The normalized spacial score (nSPS) is 10.8. The molecule has 0 heterocycles. The van der Waals surface area contributed by atoms with Crippen molar-refractivity contribution in [2.75, 3.05) is 0 Å². The molecule has 1 aromatic carbocycles. The molecule has 0 unspecified atom stereocenters. The Morgan fingerprint density at radius 3 is 2.25 bits per heavy atom. The summed E-state index contributed by atoms with van der Waals surface area (Å²) in [7, 11) is 0. The Morgan fingerprint density at radius 1 is 1.17 bits per heavy atom. The van der Waals surface area contributed by atoms with E-state index in [1.54, 1.807) is 0 Å². The van der Waals surface area contributed by atoms with E-state index in [-0.39, 0.29) is 0 Å². The number of benzene rings is 1. The third kappa shape index (κ3) is 1.34. The summed E-state index contributed by atoms with van der Waals surface area (Å²) in [6, 6.07) is 1.18. The van der Waals surface area contributed by atoms with Gasteiger partial charge in [0.15, 0.2) is 17.4 Å². The van der Waals surface area contributed by atoms with Crippen LogP contribution in [0.2, 0.25) is 0 Å². The molecule has 0 atom stereocenters. The molecule has 0 aliphatic carbocycles. The van der Waals surface area contributed by atoms with Gasteiger partial charge in [-0.1, -0.05) is 0 Å². The van der Waals surface area contributed by atoms with Gasteiger partial charge in [-0.3, -0.25) is 0 Å². The zero-order valence-corrected chi connectivity index (χ0v) is 5.69. The van der Waals surface area contributed by atoms with Gasteiger partial charge in [0.2, 0.25) is 0 Å². The lowest BCUT2D eigenvalue weighted by Crippen LogP contribution is -1.92. The second-order valence-corrected chi connectivity index (χ2v) is 2.10.